The molecule has 0 aliphatic carbocycles. The quantitative estimate of drug-likeness (QED) is 0.726. The number of nitrogens with one attached hydrogen (secondary N) is 1. The Hall–Kier alpha value is -1.79. The number of hydrogen-bond acceptors (Lipinski definition) is 3. The van der Waals surface area contributed by atoms with E-state index in [0.29, 0.717) is 5.69 Å². The monoisotopic (exact) mass is 371 g/mol. The molecule has 0 spiro atoms. The van der Waals surface area contributed by atoms with Crippen LogP contribution in [0.5, 0.6) is 5.75 Å². The molecule has 1 N–H and O–H groups in total. The Labute approximate surface area is 148 Å². The number of thioether (sulfide) groups is 1. The molecule has 3 nitrogen and oxygen atoms in total. The van der Waals surface area contributed by atoms with E-state index in [-0.39, 0.29) is 21.9 Å². The van der Waals surface area contributed by atoms with E-state index in [1.807, 2.05) is 30.3 Å². The van der Waals surface area contributed by atoms with Crippen molar-refractivity contribution in [2.75, 3.05) is 5.32 Å². The highest BCUT2D eigenvalue weighted by molar-refractivity contribution is 7.99. The molecule has 2 aromatic rings. The largest absolute Gasteiger partial charge is 0.433 e. The average molecular weight is 372 g/mol. The molecule has 0 heterocycles. The Morgan fingerprint density at radius 1 is 1.25 bits per heavy atom. The summed E-state index contributed by atoms with van der Waals surface area (Å²) in [5.74, 6) is 0.405. The van der Waals surface area contributed by atoms with E-state index in [1.165, 1.54) is 30.0 Å². The van der Waals surface area contributed by atoms with E-state index in [9.17, 15) is 13.6 Å². The number of anilines is 1. The summed E-state index contributed by atoms with van der Waals surface area (Å²) in [6.07, 6.45) is 0. The highest BCUT2D eigenvalue weighted by Gasteiger charge is 2.15. The van der Waals surface area contributed by atoms with Gasteiger partial charge in [0.2, 0.25) is 5.91 Å². The molecule has 2 aromatic carbocycles. The van der Waals surface area contributed by atoms with Crippen molar-refractivity contribution in [1.82, 2.24) is 0 Å². The molecule has 0 aliphatic heterocycles. The highest BCUT2D eigenvalue weighted by Crippen LogP contribution is 2.29. The Bertz CT molecular complexity index is 686. The second-order valence-electron chi connectivity index (χ2n) is 4.95. The maximum atomic E-state index is 12.2. The predicted molar refractivity (Wildman–Crippen MR) is 93.9 cm³/mol. The molecule has 2 rings (SSSR count). The zero-order chi connectivity index (χ0) is 17.5. The second kappa shape index (κ2) is 8.89. The van der Waals surface area contributed by atoms with Crippen molar-refractivity contribution in [3.05, 3.63) is 59.1 Å². The van der Waals surface area contributed by atoms with Crippen LogP contribution < -0.4 is 10.1 Å². The van der Waals surface area contributed by atoms with Gasteiger partial charge in [-0.25, -0.2) is 0 Å². The highest BCUT2D eigenvalue weighted by atomic mass is 35.5. The van der Waals surface area contributed by atoms with Crippen LogP contribution in [0.2, 0.25) is 5.02 Å². The van der Waals surface area contributed by atoms with E-state index < -0.39 is 6.61 Å². The topological polar surface area (TPSA) is 38.3 Å². The first kappa shape index (κ1) is 18.5. The van der Waals surface area contributed by atoms with Gasteiger partial charge in [-0.2, -0.15) is 8.78 Å². The molecular formula is C17H16ClF2NO2S. The molecule has 7 heteroatoms. The second-order valence-corrected chi connectivity index (χ2v) is 6.69. The number of amides is 1. The first-order valence-corrected chi connectivity index (χ1v) is 8.59. The third-order valence-electron chi connectivity index (χ3n) is 3.13. The molecule has 1 atom stereocenters. The normalized spacial score (nSPS) is 12.0. The molecule has 0 fully saturated rings. The van der Waals surface area contributed by atoms with Crippen LogP contribution >= 0.6 is 23.4 Å². The average Bonchev–Trinajstić information content (AvgIpc) is 2.55. The number of halogens is 3. The Kier molecular flexibility index (Phi) is 6.87. The lowest BCUT2D eigenvalue weighted by molar-refractivity contribution is -0.115. The number of hydrogen-bond donors (Lipinski definition) is 1. The number of carbonyl (C=O) groups excluding carboxylic acids is 1. The van der Waals surface area contributed by atoms with E-state index in [4.69, 9.17) is 11.6 Å². The van der Waals surface area contributed by atoms with Gasteiger partial charge in [0.15, 0.2) is 0 Å². The van der Waals surface area contributed by atoms with Crippen LogP contribution in [0.3, 0.4) is 0 Å². The summed E-state index contributed by atoms with van der Waals surface area (Å²) < 4.78 is 28.6. The maximum Gasteiger partial charge on any atom is 0.387 e. The molecular weight excluding hydrogens is 356 g/mol. The van der Waals surface area contributed by atoms with Gasteiger partial charge in [0.05, 0.1) is 10.3 Å². The van der Waals surface area contributed by atoms with Crippen molar-refractivity contribution in [3.63, 3.8) is 0 Å². The first-order valence-electron chi connectivity index (χ1n) is 7.16. The Balaban J connectivity index is 1.90. The van der Waals surface area contributed by atoms with E-state index in [1.54, 1.807) is 6.92 Å². The number of ether oxygens (including phenoxy) is 1. The summed E-state index contributed by atoms with van der Waals surface area (Å²) in [7, 11) is 0. The van der Waals surface area contributed by atoms with Gasteiger partial charge < -0.3 is 10.1 Å². The SMILES string of the molecule is CC(SCc1ccccc1)C(=O)Nc1ccc(OC(F)F)c(Cl)c1. The lowest BCUT2D eigenvalue weighted by Crippen LogP contribution is -2.22. The van der Waals surface area contributed by atoms with Crippen LogP contribution in [0.15, 0.2) is 48.5 Å². The van der Waals surface area contributed by atoms with E-state index >= 15 is 0 Å². The van der Waals surface area contributed by atoms with Crippen LogP contribution in [0.25, 0.3) is 0 Å². The van der Waals surface area contributed by atoms with Crippen molar-refractivity contribution in [3.8, 4) is 5.75 Å². The minimum atomic E-state index is -2.95. The molecule has 0 saturated carbocycles. The molecule has 24 heavy (non-hydrogen) atoms. The van der Waals surface area contributed by atoms with Crippen molar-refractivity contribution in [2.45, 2.75) is 24.5 Å². The van der Waals surface area contributed by atoms with Gasteiger partial charge in [0.1, 0.15) is 5.75 Å². The number of rotatable bonds is 7. The predicted octanol–water partition coefficient (Wildman–Crippen LogP) is 5.20. The number of benzene rings is 2. The summed E-state index contributed by atoms with van der Waals surface area (Å²) in [5, 5.41) is 2.45. The number of alkyl halides is 2. The minimum absolute atomic E-state index is 0.0118. The van der Waals surface area contributed by atoms with Gasteiger partial charge in [0.25, 0.3) is 0 Å². The lowest BCUT2D eigenvalue weighted by Gasteiger charge is -2.13. The van der Waals surface area contributed by atoms with Crippen LogP contribution in [0, 0.1) is 0 Å². The summed E-state index contributed by atoms with van der Waals surface area (Å²) in [4.78, 5) is 12.2. The minimum Gasteiger partial charge on any atom is -0.433 e. The third-order valence-corrected chi connectivity index (χ3v) is 4.64. The maximum absolute atomic E-state index is 12.2. The van der Waals surface area contributed by atoms with E-state index in [0.717, 1.165) is 11.3 Å². The fraction of sp³-hybridized carbons (Fsp3) is 0.235. The zero-order valence-corrected chi connectivity index (χ0v) is 14.4. The molecule has 0 bridgehead atoms. The molecule has 1 unspecified atom stereocenters. The fourth-order valence-corrected chi connectivity index (χ4v) is 2.96. The molecule has 0 radical (unpaired) electrons. The Morgan fingerprint density at radius 3 is 2.58 bits per heavy atom. The van der Waals surface area contributed by atoms with Gasteiger partial charge in [-0.15, -0.1) is 11.8 Å². The summed E-state index contributed by atoms with van der Waals surface area (Å²) in [6, 6.07) is 14.0. The van der Waals surface area contributed by atoms with Gasteiger partial charge in [0, 0.05) is 11.4 Å². The third kappa shape index (κ3) is 5.69. The molecule has 0 saturated heterocycles. The van der Waals surface area contributed by atoms with Crippen LogP contribution in [-0.2, 0) is 10.5 Å². The van der Waals surface area contributed by atoms with Gasteiger partial charge >= 0.3 is 6.61 Å². The first-order chi connectivity index (χ1) is 11.5. The number of carbonyl (C=O) groups is 1. The van der Waals surface area contributed by atoms with Gasteiger partial charge in [-0.05, 0) is 30.7 Å². The van der Waals surface area contributed by atoms with E-state index in [2.05, 4.69) is 10.1 Å². The summed E-state index contributed by atoms with van der Waals surface area (Å²) >= 11 is 7.37. The van der Waals surface area contributed by atoms with Gasteiger partial charge in [-0.1, -0.05) is 41.9 Å². The smallest absolute Gasteiger partial charge is 0.387 e. The van der Waals surface area contributed by atoms with Crippen LogP contribution in [0.4, 0.5) is 14.5 Å². The zero-order valence-electron chi connectivity index (χ0n) is 12.8. The standard InChI is InChI=1S/C17H16ClF2NO2S/c1-11(24-10-12-5-3-2-4-6-12)16(22)21-13-7-8-15(14(18)9-13)23-17(19)20/h2-9,11,17H,10H2,1H3,(H,21,22). The van der Waals surface area contributed by atoms with Gasteiger partial charge in [-0.3, -0.25) is 4.79 Å². The van der Waals surface area contributed by atoms with Crippen molar-refractivity contribution >= 4 is 35.0 Å². The fourth-order valence-electron chi connectivity index (χ4n) is 1.89. The Morgan fingerprint density at radius 2 is 1.96 bits per heavy atom. The van der Waals surface area contributed by atoms with Crippen molar-refractivity contribution in [1.29, 1.82) is 0 Å². The molecule has 128 valence electrons. The molecule has 0 aliphatic rings. The lowest BCUT2D eigenvalue weighted by atomic mass is 10.2. The molecule has 0 aromatic heterocycles. The van der Waals surface area contributed by atoms with Crippen molar-refractivity contribution in [2.24, 2.45) is 0 Å². The summed E-state index contributed by atoms with van der Waals surface area (Å²) in [5.41, 5.74) is 1.57. The van der Waals surface area contributed by atoms with Crippen LogP contribution in [-0.4, -0.2) is 17.8 Å². The van der Waals surface area contributed by atoms with Crippen LogP contribution in [0.1, 0.15) is 12.5 Å². The van der Waals surface area contributed by atoms with Crippen molar-refractivity contribution < 1.29 is 18.3 Å². The summed E-state index contributed by atoms with van der Waals surface area (Å²) in [6.45, 7) is -1.14. The molecule has 1 amide bonds.